The van der Waals surface area contributed by atoms with Crippen molar-refractivity contribution < 1.29 is 19.2 Å². The maximum atomic E-state index is 12.2. The molecule has 2 aromatic rings. The van der Waals surface area contributed by atoms with Crippen LogP contribution in [0.3, 0.4) is 0 Å². The maximum absolute atomic E-state index is 12.2. The zero-order valence-electron chi connectivity index (χ0n) is 21.4. The number of nitrogen functional groups attached to an aromatic ring is 1. The second kappa shape index (κ2) is 10.3. The molecule has 37 heavy (non-hydrogen) atoms. The number of carboxylic acids is 1. The van der Waals surface area contributed by atoms with Crippen LogP contribution in [0.25, 0.3) is 33.4 Å². The van der Waals surface area contributed by atoms with E-state index < -0.39 is 16.6 Å². The fraction of sp³-hybridized carbons (Fsp3) is 0.286. The van der Waals surface area contributed by atoms with E-state index in [2.05, 4.69) is 37.2 Å². The summed E-state index contributed by atoms with van der Waals surface area (Å²) in [6.45, 7) is 11.5. The van der Waals surface area contributed by atoms with Gasteiger partial charge in [-0.05, 0) is 57.5 Å². The van der Waals surface area contributed by atoms with Gasteiger partial charge in [-0.25, -0.2) is 4.58 Å². The summed E-state index contributed by atoms with van der Waals surface area (Å²) in [5.74, 6) is -0.968. The first-order valence-electron chi connectivity index (χ1n) is 12.4. The number of nitro benzene ring substituents is 1. The average Bonchev–Trinajstić information content (AvgIpc) is 2.88. The fourth-order valence-corrected chi connectivity index (χ4v) is 4.87. The van der Waals surface area contributed by atoms with E-state index in [0.29, 0.717) is 27.9 Å². The van der Waals surface area contributed by atoms with Crippen LogP contribution in [0, 0.1) is 10.1 Å². The van der Waals surface area contributed by atoms with Gasteiger partial charge in [0.25, 0.3) is 5.69 Å². The number of anilines is 2. The molecule has 0 spiro atoms. The number of aromatic carboxylic acids is 1. The van der Waals surface area contributed by atoms with Gasteiger partial charge in [0.2, 0.25) is 5.36 Å². The van der Waals surface area contributed by atoms with Gasteiger partial charge in [-0.15, -0.1) is 0 Å². The molecule has 0 saturated heterocycles. The summed E-state index contributed by atoms with van der Waals surface area (Å²) in [5, 5.41) is 25.3. The number of hydrogen-bond acceptors (Lipinski definition) is 7. The van der Waals surface area contributed by atoms with E-state index in [1.54, 1.807) is 0 Å². The Kier molecular flexibility index (Phi) is 7.15. The van der Waals surface area contributed by atoms with Crippen molar-refractivity contribution in [3.8, 4) is 22.5 Å². The van der Waals surface area contributed by atoms with Crippen LogP contribution in [0.1, 0.15) is 38.1 Å². The van der Waals surface area contributed by atoms with Crippen LogP contribution in [0.5, 0.6) is 0 Å². The van der Waals surface area contributed by atoms with E-state index in [9.17, 15) is 20.0 Å². The number of benzene rings is 3. The van der Waals surface area contributed by atoms with Crippen LogP contribution >= 0.6 is 0 Å². The van der Waals surface area contributed by atoms with E-state index in [-0.39, 0.29) is 16.8 Å². The number of nitro groups is 1. The highest BCUT2D eigenvalue weighted by atomic mass is 16.6. The minimum Gasteiger partial charge on any atom is -0.545 e. The lowest BCUT2D eigenvalue weighted by Crippen LogP contribution is -2.29. The van der Waals surface area contributed by atoms with Gasteiger partial charge in [0.15, 0.2) is 0 Å². The van der Waals surface area contributed by atoms with Crippen LogP contribution in [0.4, 0.5) is 17.1 Å². The highest BCUT2D eigenvalue weighted by molar-refractivity contribution is 6.08. The molecule has 0 radical (unpaired) electrons. The van der Waals surface area contributed by atoms with Gasteiger partial charge < -0.3 is 25.0 Å². The maximum Gasteiger partial charge on any atom is 0.292 e. The highest BCUT2D eigenvalue weighted by Gasteiger charge is 2.24. The van der Waals surface area contributed by atoms with Crippen molar-refractivity contribution in [2.45, 2.75) is 27.7 Å². The van der Waals surface area contributed by atoms with Gasteiger partial charge in [0, 0.05) is 59.1 Å². The summed E-state index contributed by atoms with van der Waals surface area (Å²) in [5.41, 5.74) is 8.09. The van der Waals surface area contributed by atoms with Crippen molar-refractivity contribution in [1.29, 1.82) is 0 Å². The number of rotatable bonds is 8. The fourth-order valence-electron chi connectivity index (χ4n) is 4.87. The molecule has 0 saturated carbocycles. The molecule has 0 aromatic heterocycles. The quantitative estimate of drug-likeness (QED) is 0.128. The summed E-state index contributed by atoms with van der Waals surface area (Å²) in [6.07, 6.45) is 0. The van der Waals surface area contributed by atoms with Crippen LogP contribution in [-0.4, -0.2) is 37.1 Å². The van der Waals surface area contributed by atoms with Crippen LogP contribution in [-0.2, 0) is 0 Å². The number of hydrogen-bond donors (Lipinski definition) is 1. The molecular weight excluding hydrogens is 472 g/mol. The third-order valence-corrected chi connectivity index (χ3v) is 6.80. The van der Waals surface area contributed by atoms with Crippen molar-refractivity contribution >= 4 is 34.0 Å². The SMILES string of the molecule is CCN(CC)c1ccc2c(-c3cc(N)c([N+](=O)[O-])cc3C(=O)[O-])c3ccc(=[N+](CC)CC)cc-3oc2c1. The summed E-state index contributed by atoms with van der Waals surface area (Å²) in [6, 6.07) is 13.9. The summed E-state index contributed by atoms with van der Waals surface area (Å²) >= 11 is 0. The molecule has 0 bridgehead atoms. The first-order valence-corrected chi connectivity index (χ1v) is 12.4. The third kappa shape index (κ3) is 4.60. The molecule has 0 atom stereocenters. The monoisotopic (exact) mass is 502 g/mol. The lowest BCUT2D eigenvalue weighted by atomic mass is 9.90. The molecule has 2 N–H and O–H groups in total. The lowest BCUT2D eigenvalue weighted by Gasteiger charge is -2.23. The van der Waals surface area contributed by atoms with E-state index >= 15 is 0 Å². The number of carbonyl (C=O) groups excluding carboxylic acids is 1. The molecule has 2 aromatic carbocycles. The Labute approximate surface area is 214 Å². The van der Waals surface area contributed by atoms with Gasteiger partial charge in [-0.1, -0.05) is 0 Å². The molecule has 0 amide bonds. The Balaban J connectivity index is 2.18. The van der Waals surface area contributed by atoms with Crippen molar-refractivity contribution in [1.82, 2.24) is 4.58 Å². The second-order valence-corrected chi connectivity index (χ2v) is 8.68. The smallest absolute Gasteiger partial charge is 0.292 e. The molecule has 0 fully saturated rings. The Morgan fingerprint density at radius 3 is 2.27 bits per heavy atom. The van der Waals surface area contributed by atoms with Crippen molar-refractivity contribution in [2.24, 2.45) is 0 Å². The molecule has 1 heterocycles. The Bertz CT molecular complexity index is 1550. The summed E-state index contributed by atoms with van der Waals surface area (Å²) in [7, 11) is 0. The second-order valence-electron chi connectivity index (χ2n) is 8.68. The summed E-state index contributed by atoms with van der Waals surface area (Å²) in [4.78, 5) is 25.1. The zero-order valence-corrected chi connectivity index (χ0v) is 21.4. The average molecular weight is 503 g/mol. The third-order valence-electron chi connectivity index (χ3n) is 6.80. The van der Waals surface area contributed by atoms with Gasteiger partial charge in [0.1, 0.15) is 30.1 Å². The first-order chi connectivity index (χ1) is 17.7. The van der Waals surface area contributed by atoms with Gasteiger partial charge in [-0.3, -0.25) is 10.1 Å². The molecule has 192 valence electrons. The standard InChI is InChI=1S/C28H30N4O5/c1-5-30(6-2)17-9-11-19-25(13-17)37-26-14-18(31(7-3)8-4)10-12-20(26)27(19)21-15-23(29)24(32(35)36)16-22(21)28(33)34/h9-16H,5-8,29H2,1-4H3. The molecule has 9 nitrogen and oxygen atoms in total. The number of fused-ring (bicyclic) bond motifs is 2. The van der Waals surface area contributed by atoms with Crippen LogP contribution in [0.2, 0.25) is 0 Å². The molecule has 4 rings (SSSR count). The van der Waals surface area contributed by atoms with Crippen molar-refractivity contribution in [3.63, 3.8) is 0 Å². The predicted molar refractivity (Wildman–Crippen MR) is 144 cm³/mol. The van der Waals surface area contributed by atoms with Crippen molar-refractivity contribution in [3.05, 3.63) is 69.6 Å². The molecule has 9 heteroatoms. The van der Waals surface area contributed by atoms with Gasteiger partial charge in [-0.2, -0.15) is 0 Å². The van der Waals surface area contributed by atoms with Crippen molar-refractivity contribution in [2.75, 3.05) is 36.8 Å². The van der Waals surface area contributed by atoms with Gasteiger partial charge in [0.05, 0.1) is 17.0 Å². The lowest BCUT2D eigenvalue weighted by molar-refractivity contribution is -0.384. The molecular formula is C28H30N4O5. The van der Waals surface area contributed by atoms with Gasteiger partial charge >= 0.3 is 0 Å². The van der Waals surface area contributed by atoms with Crippen LogP contribution in [0.15, 0.2) is 52.9 Å². The highest BCUT2D eigenvalue weighted by Crippen LogP contribution is 2.43. The number of nitrogens with two attached hydrogens (primary N) is 1. The van der Waals surface area contributed by atoms with Crippen LogP contribution < -0.4 is 25.7 Å². The Morgan fingerprint density at radius 2 is 1.68 bits per heavy atom. The minimum absolute atomic E-state index is 0.133. The Morgan fingerprint density at radius 1 is 0.973 bits per heavy atom. The molecule has 1 aliphatic heterocycles. The van der Waals surface area contributed by atoms with E-state index in [1.807, 2.05) is 36.4 Å². The number of nitrogens with zero attached hydrogens (tertiary/aromatic N) is 3. The normalized spacial score (nSPS) is 11.1. The van der Waals surface area contributed by atoms with E-state index in [1.165, 1.54) is 6.07 Å². The first kappa shape index (κ1) is 25.7. The molecule has 0 unspecified atom stereocenters. The number of carboxylic acid groups (broad SMARTS) is 1. The zero-order chi connectivity index (χ0) is 26.9. The largest absolute Gasteiger partial charge is 0.545 e. The number of carbonyl (C=O) groups is 1. The summed E-state index contributed by atoms with van der Waals surface area (Å²) < 4.78 is 8.59. The van der Waals surface area contributed by atoms with E-state index in [4.69, 9.17) is 10.2 Å². The Hall–Kier alpha value is -4.40. The predicted octanol–water partition coefficient (Wildman–Crippen LogP) is 3.72. The topological polar surface area (TPSA) is 129 Å². The molecule has 2 aliphatic rings. The van der Waals surface area contributed by atoms with E-state index in [0.717, 1.165) is 43.3 Å². The minimum atomic E-state index is -1.53. The molecule has 1 aliphatic carbocycles.